The Morgan fingerprint density at radius 2 is 0.864 bits per heavy atom. The lowest BCUT2D eigenvalue weighted by Gasteiger charge is -2.06. The van der Waals surface area contributed by atoms with Crippen LogP contribution in [0.15, 0.2) is 0 Å². The van der Waals surface area contributed by atoms with Crippen molar-refractivity contribution in [3.8, 4) is 0 Å². The van der Waals surface area contributed by atoms with Crippen molar-refractivity contribution < 1.29 is 4.74 Å². The van der Waals surface area contributed by atoms with Gasteiger partial charge in [0, 0.05) is 6.61 Å². The Kier molecular flexibility index (Phi) is 19.0. The Morgan fingerprint density at radius 1 is 0.545 bits per heavy atom. The van der Waals surface area contributed by atoms with Crippen LogP contribution in [0.5, 0.6) is 0 Å². The summed E-state index contributed by atoms with van der Waals surface area (Å²) in [7, 11) is 0. The van der Waals surface area contributed by atoms with Crippen molar-refractivity contribution >= 4 is 0 Å². The Labute approximate surface area is 141 Å². The van der Waals surface area contributed by atoms with Crippen molar-refractivity contribution in [3.05, 3.63) is 13.8 Å². The molecule has 0 fully saturated rings. The van der Waals surface area contributed by atoms with Gasteiger partial charge in [0.1, 0.15) is 0 Å². The van der Waals surface area contributed by atoms with Crippen LogP contribution in [0.3, 0.4) is 0 Å². The fourth-order valence-electron chi connectivity index (χ4n) is 2.90. The maximum Gasteiger partial charge on any atom is 0.0577 e. The molecule has 0 aliphatic heterocycles. The van der Waals surface area contributed by atoms with E-state index in [0.717, 1.165) is 6.61 Å². The van der Waals surface area contributed by atoms with Gasteiger partial charge in [0.15, 0.2) is 0 Å². The van der Waals surface area contributed by atoms with E-state index in [0.29, 0.717) is 0 Å². The van der Waals surface area contributed by atoms with Gasteiger partial charge in [0.2, 0.25) is 0 Å². The van der Waals surface area contributed by atoms with Crippen LogP contribution in [0.4, 0.5) is 0 Å². The van der Waals surface area contributed by atoms with E-state index in [1.54, 1.807) is 0 Å². The Morgan fingerprint density at radius 3 is 1.18 bits per heavy atom. The molecule has 0 amide bonds. The summed E-state index contributed by atoms with van der Waals surface area (Å²) in [6, 6.07) is 0. The van der Waals surface area contributed by atoms with E-state index in [1.165, 1.54) is 103 Å². The average Bonchev–Trinajstić information content (AvgIpc) is 2.50. The van der Waals surface area contributed by atoms with Crippen molar-refractivity contribution in [1.29, 1.82) is 0 Å². The van der Waals surface area contributed by atoms with E-state index in [1.807, 2.05) is 0 Å². The van der Waals surface area contributed by atoms with Crippen molar-refractivity contribution in [1.82, 2.24) is 0 Å². The van der Waals surface area contributed by atoms with Crippen LogP contribution in [0.2, 0.25) is 0 Å². The molecule has 0 aliphatic carbocycles. The van der Waals surface area contributed by atoms with E-state index in [2.05, 4.69) is 20.8 Å². The lowest BCUT2D eigenvalue weighted by Crippen LogP contribution is -2.04. The summed E-state index contributed by atoms with van der Waals surface area (Å²) < 4.78 is 5.34. The van der Waals surface area contributed by atoms with Crippen molar-refractivity contribution in [3.63, 3.8) is 0 Å². The minimum Gasteiger partial charge on any atom is -0.378 e. The van der Waals surface area contributed by atoms with Gasteiger partial charge in [-0.2, -0.15) is 0 Å². The Balaban J connectivity index is 2.94. The fraction of sp³-hybridized carbons (Fsp3) is 0.905. The molecule has 0 bridgehead atoms. The summed E-state index contributed by atoms with van der Waals surface area (Å²) in [5.74, 6) is 0. The highest BCUT2D eigenvalue weighted by atomic mass is 16.5. The van der Waals surface area contributed by atoms with Crippen LogP contribution in [0, 0.1) is 13.8 Å². The molecule has 0 unspecified atom stereocenters. The fourth-order valence-corrected chi connectivity index (χ4v) is 2.90. The molecule has 0 aromatic rings. The molecule has 1 nitrogen and oxygen atoms in total. The predicted molar refractivity (Wildman–Crippen MR) is 100 cm³/mol. The molecule has 0 heterocycles. The number of rotatable bonds is 18. The highest BCUT2D eigenvalue weighted by molar-refractivity contribution is 4.60. The lowest BCUT2D eigenvalue weighted by atomic mass is 10.0. The summed E-state index contributed by atoms with van der Waals surface area (Å²) in [5, 5.41) is 0. The number of unbranched alkanes of at least 4 members (excludes halogenated alkanes) is 15. The molecule has 0 aromatic carbocycles. The van der Waals surface area contributed by atoms with E-state index < -0.39 is 0 Å². The maximum absolute atomic E-state index is 5.34. The van der Waals surface area contributed by atoms with Crippen LogP contribution in [0.1, 0.15) is 110 Å². The van der Waals surface area contributed by atoms with E-state index in [4.69, 9.17) is 4.74 Å². The van der Waals surface area contributed by atoms with Gasteiger partial charge in [-0.3, -0.25) is 0 Å². The van der Waals surface area contributed by atoms with Crippen LogP contribution >= 0.6 is 0 Å². The van der Waals surface area contributed by atoms with Gasteiger partial charge in [-0.05, 0) is 20.3 Å². The highest BCUT2D eigenvalue weighted by Gasteiger charge is 1.95. The molecule has 2 radical (unpaired) electrons. The first-order valence-electron chi connectivity index (χ1n) is 10.0. The molecule has 0 aromatic heterocycles. The van der Waals surface area contributed by atoms with Crippen molar-refractivity contribution in [2.75, 3.05) is 6.61 Å². The van der Waals surface area contributed by atoms with Gasteiger partial charge in [0.05, 0.1) is 6.10 Å². The second kappa shape index (κ2) is 19.0. The first-order valence-corrected chi connectivity index (χ1v) is 10.0. The molecule has 0 aliphatic rings. The van der Waals surface area contributed by atoms with Crippen molar-refractivity contribution in [2.45, 2.75) is 116 Å². The quantitative estimate of drug-likeness (QED) is 0.241. The molecule has 0 spiro atoms. The molecule has 0 N–H and O–H groups in total. The second-order valence-electron chi connectivity index (χ2n) is 6.80. The zero-order chi connectivity index (χ0) is 16.3. The van der Waals surface area contributed by atoms with Gasteiger partial charge in [-0.25, -0.2) is 0 Å². The van der Waals surface area contributed by atoms with Crippen LogP contribution in [0.25, 0.3) is 0 Å². The lowest BCUT2D eigenvalue weighted by molar-refractivity contribution is 0.108. The maximum atomic E-state index is 5.34. The third kappa shape index (κ3) is 20.0. The SMILES string of the molecule is [CH2]C([CH2])OCCCCCCCCCCCCCCCCCC. The molecule has 0 saturated heterocycles. The molecular weight excluding hydrogens is 268 g/mol. The molecule has 0 atom stereocenters. The zero-order valence-electron chi connectivity index (χ0n) is 15.4. The first kappa shape index (κ1) is 22.0. The zero-order valence-corrected chi connectivity index (χ0v) is 15.4. The molecular formula is C21H42O. The number of hydrogen-bond acceptors (Lipinski definition) is 1. The molecule has 22 heavy (non-hydrogen) atoms. The second-order valence-corrected chi connectivity index (χ2v) is 6.80. The van der Waals surface area contributed by atoms with E-state index >= 15 is 0 Å². The monoisotopic (exact) mass is 310 g/mol. The summed E-state index contributed by atoms with van der Waals surface area (Å²) in [4.78, 5) is 0. The van der Waals surface area contributed by atoms with E-state index in [9.17, 15) is 0 Å². The topological polar surface area (TPSA) is 9.23 Å². The summed E-state index contributed by atoms with van der Waals surface area (Å²) in [5.41, 5.74) is 0. The van der Waals surface area contributed by atoms with Crippen molar-refractivity contribution in [2.24, 2.45) is 0 Å². The Bertz CT molecular complexity index is 188. The standard InChI is InChI=1S/C21H42O/c1-4-5-6-7-8-9-10-11-12-13-14-15-16-17-18-19-20-22-21(2)3/h21H,2-20H2,1H3. The van der Waals surface area contributed by atoms with Gasteiger partial charge >= 0.3 is 0 Å². The van der Waals surface area contributed by atoms with Gasteiger partial charge in [-0.1, -0.05) is 103 Å². The first-order chi connectivity index (χ1) is 10.8. The third-order valence-corrected chi connectivity index (χ3v) is 4.35. The summed E-state index contributed by atoms with van der Waals surface area (Å²) in [6.45, 7) is 10.5. The van der Waals surface area contributed by atoms with Crippen LogP contribution in [-0.4, -0.2) is 12.7 Å². The summed E-state index contributed by atoms with van der Waals surface area (Å²) >= 11 is 0. The predicted octanol–water partition coefficient (Wildman–Crippen LogP) is 7.30. The van der Waals surface area contributed by atoms with Gasteiger partial charge in [-0.15, -0.1) is 0 Å². The minimum absolute atomic E-state index is 0.101. The highest BCUT2D eigenvalue weighted by Crippen LogP contribution is 2.13. The number of hydrogen-bond donors (Lipinski definition) is 0. The van der Waals surface area contributed by atoms with E-state index in [-0.39, 0.29) is 6.10 Å². The largest absolute Gasteiger partial charge is 0.378 e. The van der Waals surface area contributed by atoms with Crippen LogP contribution in [-0.2, 0) is 4.74 Å². The molecule has 1 heteroatoms. The van der Waals surface area contributed by atoms with Crippen LogP contribution < -0.4 is 0 Å². The minimum atomic E-state index is -0.101. The summed E-state index contributed by atoms with van der Waals surface area (Å²) in [6.07, 6.45) is 22.4. The number of ether oxygens (including phenoxy) is 1. The Hall–Kier alpha value is -0.0400. The van der Waals surface area contributed by atoms with Gasteiger partial charge in [0.25, 0.3) is 0 Å². The third-order valence-electron chi connectivity index (χ3n) is 4.35. The molecule has 0 rings (SSSR count). The average molecular weight is 311 g/mol. The van der Waals surface area contributed by atoms with Gasteiger partial charge < -0.3 is 4.74 Å². The molecule has 132 valence electrons. The molecule has 0 saturated carbocycles. The normalized spacial score (nSPS) is 11.5. The smallest absolute Gasteiger partial charge is 0.0577 e.